The molecule has 0 aliphatic rings. The molecule has 0 saturated heterocycles. The molecule has 0 radical (unpaired) electrons. The van der Waals surface area contributed by atoms with E-state index in [1.807, 2.05) is 17.5 Å². The number of rotatable bonds is 2. The number of benzene rings is 1. The maximum Gasteiger partial charge on any atom is 0.263 e. The van der Waals surface area contributed by atoms with Crippen molar-refractivity contribution >= 4 is 50.1 Å². The summed E-state index contributed by atoms with van der Waals surface area (Å²) in [7, 11) is 0. The number of hydrogen-bond acceptors (Lipinski definition) is 7. The number of hydrogen-bond donors (Lipinski definition) is 1. The van der Waals surface area contributed by atoms with Crippen molar-refractivity contribution < 1.29 is 4.42 Å². The van der Waals surface area contributed by atoms with Crippen LogP contribution in [0.4, 0.5) is 5.69 Å². The van der Waals surface area contributed by atoms with Gasteiger partial charge in [0.2, 0.25) is 0 Å². The molecule has 0 aliphatic heterocycles. The molecule has 2 N–H and O–H groups in total. The number of fused-ring (bicyclic) bond motifs is 2. The third-order valence-corrected chi connectivity index (χ3v) is 4.49. The lowest BCUT2D eigenvalue weighted by Gasteiger charge is -1.96. The minimum atomic E-state index is 0.553. The van der Waals surface area contributed by atoms with E-state index in [-0.39, 0.29) is 0 Å². The third kappa shape index (κ3) is 1.91. The van der Waals surface area contributed by atoms with E-state index in [0.717, 1.165) is 20.8 Å². The second kappa shape index (κ2) is 4.46. The van der Waals surface area contributed by atoms with Crippen molar-refractivity contribution in [1.29, 1.82) is 0 Å². The van der Waals surface area contributed by atoms with Crippen LogP contribution < -0.4 is 5.73 Å². The number of nitrogens with zero attached hydrogens (tertiary/aromatic N) is 3. The van der Waals surface area contributed by atoms with E-state index in [9.17, 15) is 0 Å². The van der Waals surface area contributed by atoms with Crippen LogP contribution in [-0.4, -0.2) is 15.0 Å². The summed E-state index contributed by atoms with van der Waals surface area (Å²) in [4.78, 5) is 13.9. The van der Waals surface area contributed by atoms with Gasteiger partial charge in [0.15, 0.2) is 5.58 Å². The molecule has 3 aromatic heterocycles. The minimum Gasteiger partial charge on any atom is -0.431 e. The van der Waals surface area contributed by atoms with Crippen molar-refractivity contribution in [2.45, 2.75) is 10.2 Å². The highest BCUT2D eigenvalue weighted by Crippen LogP contribution is 2.34. The first-order valence-corrected chi connectivity index (χ1v) is 7.51. The summed E-state index contributed by atoms with van der Waals surface area (Å²) in [5, 5.41) is 4.41. The van der Waals surface area contributed by atoms with E-state index >= 15 is 0 Å². The van der Waals surface area contributed by atoms with Gasteiger partial charge in [0.25, 0.3) is 5.22 Å². The molecule has 4 rings (SSSR count). The van der Waals surface area contributed by atoms with Crippen LogP contribution in [0.2, 0.25) is 0 Å². The molecule has 0 bridgehead atoms. The van der Waals surface area contributed by atoms with Gasteiger partial charge in [0, 0.05) is 17.1 Å². The summed E-state index contributed by atoms with van der Waals surface area (Å²) in [5.41, 5.74) is 7.86. The van der Waals surface area contributed by atoms with Crippen molar-refractivity contribution in [1.82, 2.24) is 15.0 Å². The molecule has 1 aromatic carbocycles. The number of oxazole rings is 1. The molecule has 20 heavy (non-hydrogen) atoms. The molecule has 0 unspecified atom stereocenters. The fourth-order valence-corrected chi connectivity index (χ4v) is 3.51. The van der Waals surface area contributed by atoms with Gasteiger partial charge in [-0.15, -0.1) is 11.3 Å². The Bertz CT molecular complexity index is 915. The van der Waals surface area contributed by atoms with Gasteiger partial charge in [0.05, 0.1) is 0 Å². The van der Waals surface area contributed by atoms with Crippen LogP contribution in [0, 0.1) is 0 Å². The Morgan fingerprint density at radius 2 is 2.15 bits per heavy atom. The smallest absolute Gasteiger partial charge is 0.263 e. The Kier molecular flexibility index (Phi) is 2.61. The Morgan fingerprint density at radius 1 is 1.20 bits per heavy atom. The molecule has 0 spiro atoms. The summed E-state index contributed by atoms with van der Waals surface area (Å²) in [5.74, 6) is 0. The topological polar surface area (TPSA) is 77.8 Å². The van der Waals surface area contributed by atoms with Crippen molar-refractivity contribution in [3.8, 4) is 0 Å². The van der Waals surface area contributed by atoms with Gasteiger partial charge < -0.3 is 10.2 Å². The molecule has 5 nitrogen and oxygen atoms in total. The number of aromatic nitrogens is 3. The predicted octanol–water partition coefficient (Wildman–Crippen LogP) is 3.57. The molecule has 98 valence electrons. The van der Waals surface area contributed by atoms with E-state index < -0.39 is 0 Å². The van der Waals surface area contributed by atoms with Gasteiger partial charge in [-0.05, 0) is 35.3 Å². The van der Waals surface area contributed by atoms with Crippen molar-refractivity contribution in [2.24, 2.45) is 0 Å². The van der Waals surface area contributed by atoms with E-state index in [2.05, 4.69) is 15.0 Å². The normalized spacial score (nSPS) is 11.4. The van der Waals surface area contributed by atoms with Crippen LogP contribution in [0.25, 0.3) is 21.3 Å². The highest BCUT2D eigenvalue weighted by atomic mass is 32.2. The molecule has 7 heteroatoms. The van der Waals surface area contributed by atoms with E-state index in [1.54, 1.807) is 29.8 Å². The maximum atomic E-state index is 5.73. The van der Waals surface area contributed by atoms with Crippen molar-refractivity contribution in [3.05, 3.63) is 36.0 Å². The third-order valence-electron chi connectivity index (χ3n) is 2.80. The molecule has 4 aromatic rings. The number of nitrogens with two attached hydrogens (primary N) is 1. The first-order chi connectivity index (χ1) is 9.79. The quantitative estimate of drug-likeness (QED) is 0.450. The van der Waals surface area contributed by atoms with Crippen LogP contribution in [0.1, 0.15) is 0 Å². The van der Waals surface area contributed by atoms with Gasteiger partial charge in [-0.3, -0.25) is 0 Å². The average Bonchev–Trinajstić information content (AvgIpc) is 3.04. The van der Waals surface area contributed by atoms with Crippen LogP contribution in [0.5, 0.6) is 0 Å². The lowest BCUT2D eigenvalue weighted by Crippen LogP contribution is -1.82. The Balaban J connectivity index is 1.78. The van der Waals surface area contributed by atoms with Crippen LogP contribution >= 0.6 is 23.1 Å². The van der Waals surface area contributed by atoms with E-state index in [1.165, 1.54) is 11.8 Å². The highest BCUT2D eigenvalue weighted by molar-refractivity contribution is 7.99. The molecule has 0 fully saturated rings. The fourth-order valence-electron chi connectivity index (χ4n) is 1.90. The predicted molar refractivity (Wildman–Crippen MR) is 80.0 cm³/mol. The largest absolute Gasteiger partial charge is 0.431 e. The zero-order valence-corrected chi connectivity index (χ0v) is 11.7. The van der Waals surface area contributed by atoms with Gasteiger partial charge in [-0.2, -0.15) is 0 Å². The lowest BCUT2D eigenvalue weighted by molar-refractivity contribution is 0.489. The summed E-state index contributed by atoms with van der Waals surface area (Å²) >= 11 is 2.98. The monoisotopic (exact) mass is 300 g/mol. The Morgan fingerprint density at radius 3 is 3.10 bits per heavy atom. The molecular formula is C13H8N4OS2. The summed E-state index contributed by atoms with van der Waals surface area (Å²) in [6, 6.07) is 7.43. The second-order valence-corrected chi connectivity index (χ2v) is 5.96. The SMILES string of the molecule is Nc1ccc2nc(Sc3ncnc4sccc34)oc2c1. The summed E-state index contributed by atoms with van der Waals surface area (Å²) in [6.45, 7) is 0. The van der Waals surface area contributed by atoms with Gasteiger partial charge in [0.1, 0.15) is 21.7 Å². The van der Waals surface area contributed by atoms with Gasteiger partial charge in [-0.1, -0.05) is 0 Å². The molecule has 0 aliphatic carbocycles. The summed E-state index contributed by atoms with van der Waals surface area (Å²) in [6.07, 6.45) is 1.56. The standard InChI is InChI=1S/C13H8N4OS2/c14-7-1-2-9-10(5-7)18-13(17-9)20-12-8-3-4-19-11(8)15-6-16-12/h1-6H,14H2. The zero-order valence-electron chi connectivity index (χ0n) is 10.1. The fraction of sp³-hybridized carbons (Fsp3) is 0. The highest BCUT2D eigenvalue weighted by Gasteiger charge is 2.12. The number of nitrogen functional groups attached to an aromatic ring is 1. The first-order valence-electron chi connectivity index (χ1n) is 5.82. The van der Waals surface area contributed by atoms with E-state index in [4.69, 9.17) is 10.2 Å². The first kappa shape index (κ1) is 11.7. The van der Waals surface area contributed by atoms with Crippen molar-refractivity contribution in [2.75, 3.05) is 5.73 Å². The maximum absolute atomic E-state index is 5.73. The minimum absolute atomic E-state index is 0.553. The second-order valence-electron chi connectivity index (χ2n) is 4.13. The number of thiophene rings is 1. The zero-order chi connectivity index (χ0) is 13.5. The van der Waals surface area contributed by atoms with Crippen LogP contribution in [-0.2, 0) is 0 Å². The average molecular weight is 300 g/mol. The molecular weight excluding hydrogens is 292 g/mol. The Hall–Kier alpha value is -2.12. The van der Waals surface area contributed by atoms with Gasteiger partial charge in [-0.25, -0.2) is 15.0 Å². The Labute approximate surface area is 121 Å². The summed E-state index contributed by atoms with van der Waals surface area (Å²) < 4.78 is 5.69. The lowest BCUT2D eigenvalue weighted by atomic mass is 10.3. The molecule has 3 heterocycles. The van der Waals surface area contributed by atoms with Crippen molar-refractivity contribution in [3.63, 3.8) is 0 Å². The molecule has 0 amide bonds. The molecule has 0 atom stereocenters. The van der Waals surface area contributed by atoms with Crippen LogP contribution in [0.15, 0.2) is 50.6 Å². The number of anilines is 1. The van der Waals surface area contributed by atoms with Gasteiger partial charge >= 0.3 is 0 Å². The van der Waals surface area contributed by atoms with Crippen LogP contribution in [0.3, 0.4) is 0 Å². The van der Waals surface area contributed by atoms with E-state index in [0.29, 0.717) is 16.5 Å². The molecule has 0 saturated carbocycles.